The normalized spacial score (nSPS) is 12.3. The molecule has 0 aliphatic heterocycles. The minimum atomic E-state index is -1.25. The largest absolute Gasteiger partial charge is 0.469 e. The lowest BCUT2D eigenvalue weighted by atomic mass is 10.1. The number of hydrogen-bond donors (Lipinski definition) is 2. The first-order valence-corrected chi connectivity index (χ1v) is 13.2. The van der Waals surface area contributed by atoms with Crippen LogP contribution in [0.4, 0.5) is 4.79 Å². The molecule has 2 aromatic rings. The van der Waals surface area contributed by atoms with Crippen LogP contribution in [0.15, 0.2) is 60.7 Å². The molecule has 0 bridgehead atoms. The van der Waals surface area contributed by atoms with Crippen molar-refractivity contribution in [1.82, 2.24) is 10.6 Å². The highest BCUT2D eigenvalue weighted by Gasteiger charge is 2.30. The second kappa shape index (κ2) is 16.6. The summed E-state index contributed by atoms with van der Waals surface area (Å²) in [6, 6.07) is 15.5. The standard InChI is InChI=1S/C30H38N2O9/c1-30(2,3)41-29(37)32-23(15-18-26(34)39-19-21-11-7-5-8-12-21)27(35)31-24(16-17-25(33)38-4)28(36)40-20-22-13-9-6-10-14-22/h5-14,23-24H,15-20H2,1-4H3,(H,31,35)(H,32,37). The zero-order valence-corrected chi connectivity index (χ0v) is 23.8. The van der Waals surface area contributed by atoms with Crippen LogP contribution >= 0.6 is 0 Å². The molecule has 0 spiro atoms. The van der Waals surface area contributed by atoms with E-state index in [4.69, 9.17) is 14.2 Å². The van der Waals surface area contributed by atoms with Gasteiger partial charge < -0.3 is 29.6 Å². The van der Waals surface area contributed by atoms with Crippen LogP contribution < -0.4 is 10.6 Å². The Morgan fingerprint density at radius 1 is 0.707 bits per heavy atom. The molecular weight excluding hydrogens is 532 g/mol. The van der Waals surface area contributed by atoms with E-state index in [1.165, 1.54) is 7.11 Å². The number of amides is 2. The summed E-state index contributed by atoms with van der Waals surface area (Å²) in [7, 11) is 1.21. The predicted molar refractivity (Wildman–Crippen MR) is 148 cm³/mol. The second-order valence-electron chi connectivity index (χ2n) is 10.2. The van der Waals surface area contributed by atoms with E-state index in [0.29, 0.717) is 0 Å². The van der Waals surface area contributed by atoms with Crippen LogP contribution in [0.25, 0.3) is 0 Å². The highest BCUT2D eigenvalue weighted by molar-refractivity contribution is 5.90. The number of methoxy groups -OCH3 is 1. The fourth-order valence-electron chi connectivity index (χ4n) is 3.51. The minimum absolute atomic E-state index is 0.0445. The van der Waals surface area contributed by atoms with Gasteiger partial charge in [0.05, 0.1) is 7.11 Å². The summed E-state index contributed by atoms with van der Waals surface area (Å²) in [5, 5.41) is 4.99. The van der Waals surface area contributed by atoms with Crippen molar-refractivity contribution >= 4 is 29.9 Å². The molecule has 11 heteroatoms. The van der Waals surface area contributed by atoms with Crippen molar-refractivity contribution in [3.8, 4) is 0 Å². The number of benzene rings is 2. The molecule has 0 aromatic heterocycles. The molecule has 2 amide bonds. The van der Waals surface area contributed by atoms with E-state index in [1.54, 1.807) is 57.2 Å². The van der Waals surface area contributed by atoms with E-state index in [-0.39, 0.29) is 38.9 Å². The van der Waals surface area contributed by atoms with Crippen molar-refractivity contribution in [2.45, 2.75) is 77.4 Å². The van der Waals surface area contributed by atoms with Crippen LogP contribution in [0, 0.1) is 0 Å². The molecular formula is C30H38N2O9. The molecule has 0 saturated heterocycles. The zero-order chi connectivity index (χ0) is 30.3. The predicted octanol–water partition coefficient (Wildman–Crippen LogP) is 3.58. The molecule has 0 aliphatic carbocycles. The zero-order valence-electron chi connectivity index (χ0n) is 23.8. The molecule has 0 heterocycles. The van der Waals surface area contributed by atoms with Gasteiger partial charge in [0.2, 0.25) is 5.91 Å². The number of hydrogen-bond acceptors (Lipinski definition) is 9. The molecule has 0 fully saturated rings. The van der Waals surface area contributed by atoms with Crippen molar-refractivity contribution in [1.29, 1.82) is 0 Å². The van der Waals surface area contributed by atoms with Gasteiger partial charge in [-0.05, 0) is 44.7 Å². The SMILES string of the molecule is COC(=O)CCC(NC(=O)C(CCC(=O)OCc1ccccc1)NC(=O)OC(C)(C)C)C(=O)OCc1ccccc1. The monoisotopic (exact) mass is 570 g/mol. The summed E-state index contributed by atoms with van der Waals surface area (Å²) in [5.74, 6) is -2.70. The van der Waals surface area contributed by atoms with Crippen LogP contribution in [-0.2, 0) is 51.3 Å². The minimum Gasteiger partial charge on any atom is -0.469 e. The molecule has 0 radical (unpaired) electrons. The van der Waals surface area contributed by atoms with E-state index in [1.807, 2.05) is 24.3 Å². The summed E-state index contributed by atoms with van der Waals surface area (Å²) in [6.07, 6.45) is -1.50. The number of carbonyl (C=O) groups is 5. The fourth-order valence-corrected chi connectivity index (χ4v) is 3.51. The summed E-state index contributed by atoms with van der Waals surface area (Å²) < 4.78 is 20.6. The number of carbonyl (C=O) groups excluding carboxylic acids is 5. The molecule has 2 unspecified atom stereocenters. The third kappa shape index (κ3) is 13.5. The smallest absolute Gasteiger partial charge is 0.408 e. The third-order valence-electron chi connectivity index (χ3n) is 5.58. The Morgan fingerprint density at radius 2 is 1.22 bits per heavy atom. The molecule has 2 rings (SSSR count). The van der Waals surface area contributed by atoms with Crippen molar-refractivity contribution in [3.05, 3.63) is 71.8 Å². The maximum Gasteiger partial charge on any atom is 0.408 e. The average molecular weight is 571 g/mol. The lowest BCUT2D eigenvalue weighted by Gasteiger charge is -2.25. The Bertz CT molecular complexity index is 1150. The second-order valence-corrected chi connectivity index (χ2v) is 10.2. The van der Waals surface area contributed by atoms with Crippen molar-refractivity contribution < 1.29 is 42.9 Å². The van der Waals surface area contributed by atoms with Gasteiger partial charge >= 0.3 is 24.0 Å². The molecule has 2 atom stereocenters. The van der Waals surface area contributed by atoms with Crippen LogP contribution in [0.3, 0.4) is 0 Å². The summed E-state index contributed by atoms with van der Waals surface area (Å²) in [4.78, 5) is 62.8. The van der Waals surface area contributed by atoms with Crippen LogP contribution in [0.1, 0.15) is 57.6 Å². The van der Waals surface area contributed by atoms with Gasteiger partial charge in [-0.25, -0.2) is 9.59 Å². The number of ether oxygens (including phenoxy) is 4. The molecule has 11 nitrogen and oxygen atoms in total. The Morgan fingerprint density at radius 3 is 1.76 bits per heavy atom. The van der Waals surface area contributed by atoms with Crippen molar-refractivity contribution in [2.75, 3.05) is 7.11 Å². The number of rotatable bonds is 14. The molecule has 222 valence electrons. The number of alkyl carbamates (subject to hydrolysis) is 1. The van der Waals surface area contributed by atoms with Gasteiger partial charge in [-0.2, -0.15) is 0 Å². The maximum atomic E-state index is 13.3. The van der Waals surface area contributed by atoms with Crippen molar-refractivity contribution in [2.24, 2.45) is 0 Å². The highest BCUT2D eigenvalue weighted by atomic mass is 16.6. The maximum absolute atomic E-state index is 13.3. The Hall–Kier alpha value is -4.41. The first kappa shape index (κ1) is 32.8. The third-order valence-corrected chi connectivity index (χ3v) is 5.58. The van der Waals surface area contributed by atoms with Crippen molar-refractivity contribution in [3.63, 3.8) is 0 Å². The van der Waals surface area contributed by atoms with E-state index >= 15 is 0 Å². The summed E-state index contributed by atoms with van der Waals surface area (Å²) in [6.45, 7) is 4.99. The Labute approximate surface area is 239 Å². The Balaban J connectivity index is 2.09. The van der Waals surface area contributed by atoms with E-state index in [0.717, 1.165) is 11.1 Å². The summed E-state index contributed by atoms with van der Waals surface area (Å²) in [5.41, 5.74) is 0.686. The van der Waals surface area contributed by atoms with Gasteiger partial charge in [-0.15, -0.1) is 0 Å². The topological polar surface area (TPSA) is 146 Å². The van der Waals surface area contributed by atoms with E-state index in [9.17, 15) is 24.0 Å². The Kier molecular flexibility index (Phi) is 13.3. The molecule has 2 aromatic carbocycles. The lowest BCUT2D eigenvalue weighted by Crippen LogP contribution is -2.52. The van der Waals surface area contributed by atoms with Gasteiger partial charge in [-0.3, -0.25) is 14.4 Å². The molecule has 0 aliphatic rings. The molecule has 41 heavy (non-hydrogen) atoms. The van der Waals surface area contributed by atoms with Gasteiger partial charge in [0, 0.05) is 12.8 Å². The average Bonchev–Trinajstić information content (AvgIpc) is 2.94. The van der Waals surface area contributed by atoms with Gasteiger partial charge in [0.1, 0.15) is 30.9 Å². The highest BCUT2D eigenvalue weighted by Crippen LogP contribution is 2.11. The first-order chi connectivity index (χ1) is 19.5. The molecule has 0 saturated carbocycles. The number of esters is 3. The first-order valence-electron chi connectivity index (χ1n) is 13.2. The van der Waals surface area contributed by atoms with Gasteiger partial charge in [0.25, 0.3) is 0 Å². The lowest BCUT2D eigenvalue weighted by molar-refractivity contribution is -0.150. The van der Waals surface area contributed by atoms with Crippen LogP contribution in [-0.4, -0.2) is 54.7 Å². The van der Waals surface area contributed by atoms with Crippen LogP contribution in [0.5, 0.6) is 0 Å². The molecule has 2 N–H and O–H groups in total. The van der Waals surface area contributed by atoms with E-state index < -0.39 is 47.6 Å². The fraction of sp³-hybridized carbons (Fsp3) is 0.433. The number of nitrogens with one attached hydrogen (secondary N) is 2. The van der Waals surface area contributed by atoms with Gasteiger partial charge in [0.15, 0.2) is 0 Å². The summed E-state index contributed by atoms with van der Waals surface area (Å²) >= 11 is 0. The van der Waals surface area contributed by atoms with E-state index in [2.05, 4.69) is 15.4 Å². The quantitative estimate of drug-likeness (QED) is 0.257. The van der Waals surface area contributed by atoms with Gasteiger partial charge in [-0.1, -0.05) is 60.7 Å². The van der Waals surface area contributed by atoms with Crippen LogP contribution in [0.2, 0.25) is 0 Å².